The molecule has 96 valence electrons. The van der Waals surface area contributed by atoms with Gasteiger partial charge in [-0.3, -0.25) is 0 Å². The molecule has 0 saturated carbocycles. The molecule has 0 spiro atoms. The maximum Gasteiger partial charge on any atom is 0.222 e. The van der Waals surface area contributed by atoms with Crippen molar-refractivity contribution in [3.63, 3.8) is 0 Å². The van der Waals surface area contributed by atoms with Crippen LogP contribution in [0.15, 0.2) is 48.7 Å². The minimum absolute atomic E-state index is 0.564. The van der Waals surface area contributed by atoms with E-state index in [0.29, 0.717) is 17.3 Å². The molecule has 7 nitrogen and oxygen atoms in total. The zero-order valence-corrected chi connectivity index (χ0v) is 10.3. The Bertz CT molecular complexity index is 885. The van der Waals surface area contributed by atoms with Gasteiger partial charge in [-0.05, 0) is 34.7 Å². The van der Waals surface area contributed by atoms with Crippen molar-refractivity contribution in [3.8, 4) is 0 Å². The number of fused-ring (bicyclic) bond motifs is 3. The summed E-state index contributed by atoms with van der Waals surface area (Å²) in [6.45, 7) is 0. The monoisotopic (exact) mass is 263 g/mol. The Kier molecular flexibility index (Phi) is 2.28. The first kappa shape index (κ1) is 10.8. The van der Waals surface area contributed by atoms with Crippen LogP contribution in [0, 0.1) is 0 Å². The van der Waals surface area contributed by atoms with Crippen molar-refractivity contribution >= 4 is 28.3 Å². The van der Waals surface area contributed by atoms with Crippen LogP contribution in [-0.4, -0.2) is 30.0 Å². The maximum absolute atomic E-state index is 4.56. The van der Waals surface area contributed by atoms with Crippen LogP contribution < -0.4 is 5.32 Å². The van der Waals surface area contributed by atoms with Gasteiger partial charge in [0.15, 0.2) is 5.82 Å². The standard InChI is InChI=1S/C13H9N7/c1-2-6-10-9(5-1)15-12(13-17-18-19-20(10)13)16-11-7-3-4-8-14-11/h1-8H,(H,14,15,16). The van der Waals surface area contributed by atoms with Crippen LogP contribution >= 0.6 is 0 Å². The lowest BCUT2D eigenvalue weighted by Gasteiger charge is -2.06. The van der Waals surface area contributed by atoms with Gasteiger partial charge in [-0.25, -0.2) is 9.97 Å². The largest absolute Gasteiger partial charge is 0.322 e. The third kappa shape index (κ3) is 1.64. The van der Waals surface area contributed by atoms with Gasteiger partial charge in [-0.2, -0.15) is 4.52 Å². The van der Waals surface area contributed by atoms with E-state index in [0.717, 1.165) is 11.0 Å². The van der Waals surface area contributed by atoms with Gasteiger partial charge in [-0.1, -0.05) is 18.2 Å². The molecule has 0 aliphatic heterocycles. The molecule has 1 N–H and O–H groups in total. The topological polar surface area (TPSA) is 80.9 Å². The SMILES string of the molecule is c1ccc(Nc2nc3ccccc3n3nnnc23)nc1. The molecule has 0 unspecified atom stereocenters. The summed E-state index contributed by atoms with van der Waals surface area (Å²) in [7, 11) is 0. The molecular formula is C13H9N7. The minimum Gasteiger partial charge on any atom is -0.322 e. The highest BCUT2D eigenvalue weighted by atomic mass is 15.5. The van der Waals surface area contributed by atoms with E-state index in [1.807, 2.05) is 42.5 Å². The van der Waals surface area contributed by atoms with Gasteiger partial charge >= 0.3 is 0 Å². The molecule has 4 rings (SSSR count). The van der Waals surface area contributed by atoms with E-state index in [-0.39, 0.29) is 0 Å². The first-order chi connectivity index (χ1) is 9.92. The Balaban J connectivity index is 1.95. The van der Waals surface area contributed by atoms with E-state index in [1.165, 1.54) is 0 Å². The second kappa shape index (κ2) is 4.23. The van der Waals surface area contributed by atoms with Crippen LogP contribution in [0.3, 0.4) is 0 Å². The summed E-state index contributed by atoms with van der Waals surface area (Å²) >= 11 is 0. The molecule has 0 atom stereocenters. The number of para-hydroxylation sites is 2. The third-order valence-electron chi connectivity index (χ3n) is 2.93. The predicted octanol–water partition coefficient (Wildman–Crippen LogP) is 1.81. The highest BCUT2D eigenvalue weighted by molar-refractivity contribution is 5.83. The second-order valence-electron chi connectivity index (χ2n) is 4.20. The summed E-state index contributed by atoms with van der Waals surface area (Å²) in [5.41, 5.74) is 2.24. The van der Waals surface area contributed by atoms with Crippen molar-refractivity contribution in [1.82, 2.24) is 30.0 Å². The molecule has 1 aromatic carbocycles. The van der Waals surface area contributed by atoms with Crippen LogP contribution in [0.2, 0.25) is 0 Å². The minimum atomic E-state index is 0.564. The number of benzene rings is 1. The number of rotatable bonds is 2. The fraction of sp³-hybridized carbons (Fsp3) is 0. The summed E-state index contributed by atoms with van der Waals surface area (Å²) in [6.07, 6.45) is 1.71. The fourth-order valence-corrected chi connectivity index (χ4v) is 2.05. The van der Waals surface area contributed by atoms with Gasteiger partial charge in [-0.15, -0.1) is 5.10 Å². The lowest BCUT2D eigenvalue weighted by atomic mass is 10.3. The van der Waals surface area contributed by atoms with Gasteiger partial charge < -0.3 is 5.32 Å². The lowest BCUT2D eigenvalue weighted by molar-refractivity contribution is 0.841. The van der Waals surface area contributed by atoms with Crippen LogP contribution in [0.1, 0.15) is 0 Å². The van der Waals surface area contributed by atoms with Crippen LogP contribution in [0.5, 0.6) is 0 Å². The first-order valence-electron chi connectivity index (χ1n) is 6.07. The summed E-state index contributed by atoms with van der Waals surface area (Å²) in [5, 5.41) is 14.9. The zero-order chi connectivity index (χ0) is 13.4. The number of hydrogen-bond donors (Lipinski definition) is 1. The Morgan fingerprint density at radius 2 is 1.90 bits per heavy atom. The van der Waals surface area contributed by atoms with Gasteiger partial charge in [0.05, 0.1) is 11.0 Å². The molecule has 7 heteroatoms. The maximum atomic E-state index is 4.56. The third-order valence-corrected chi connectivity index (χ3v) is 2.93. The molecule has 0 fully saturated rings. The van der Waals surface area contributed by atoms with Crippen molar-refractivity contribution in [2.24, 2.45) is 0 Å². The molecule has 0 aliphatic rings. The van der Waals surface area contributed by atoms with E-state index >= 15 is 0 Å². The molecule has 3 aromatic heterocycles. The highest BCUT2D eigenvalue weighted by Gasteiger charge is 2.11. The van der Waals surface area contributed by atoms with Crippen molar-refractivity contribution in [2.45, 2.75) is 0 Å². The van der Waals surface area contributed by atoms with Crippen LogP contribution in [0.25, 0.3) is 16.7 Å². The Hall–Kier alpha value is -3.09. The number of anilines is 2. The molecule has 20 heavy (non-hydrogen) atoms. The summed E-state index contributed by atoms with van der Waals surface area (Å²) < 4.78 is 1.66. The molecule has 4 aromatic rings. The molecule has 0 radical (unpaired) electrons. The van der Waals surface area contributed by atoms with Crippen molar-refractivity contribution in [2.75, 3.05) is 5.32 Å². The van der Waals surface area contributed by atoms with E-state index in [1.54, 1.807) is 10.7 Å². The molecule has 0 saturated heterocycles. The van der Waals surface area contributed by atoms with E-state index in [2.05, 4.69) is 30.8 Å². The van der Waals surface area contributed by atoms with Crippen LogP contribution in [-0.2, 0) is 0 Å². The number of aromatic nitrogens is 6. The molecule has 0 amide bonds. The Labute approximate surface area is 113 Å². The Morgan fingerprint density at radius 1 is 1.00 bits per heavy atom. The number of tetrazole rings is 1. The average Bonchev–Trinajstić information content (AvgIpc) is 2.98. The van der Waals surface area contributed by atoms with E-state index < -0.39 is 0 Å². The average molecular weight is 263 g/mol. The van der Waals surface area contributed by atoms with Gasteiger partial charge in [0.2, 0.25) is 5.65 Å². The number of nitrogens with one attached hydrogen (secondary N) is 1. The highest BCUT2D eigenvalue weighted by Crippen LogP contribution is 2.21. The van der Waals surface area contributed by atoms with E-state index in [4.69, 9.17) is 0 Å². The first-order valence-corrected chi connectivity index (χ1v) is 6.07. The molecule has 3 heterocycles. The predicted molar refractivity (Wildman–Crippen MR) is 73.6 cm³/mol. The summed E-state index contributed by atoms with van der Waals surface area (Å²) in [5.74, 6) is 1.27. The Morgan fingerprint density at radius 3 is 2.80 bits per heavy atom. The molecule has 0 aliphatic carbocycles. The van der Waals surface area contributed by atoms with Gasteiger partial charge in [0.1, 0.15) is 5.82 Å². The van der Waals surface area contributed by atoms with Gasteiger partial charge in [0.25, 0.3) is 0 Å². The number of nitrogens with zero attached hydrogens (tertiary/aromatic N) is 6. The summed E-state index contributed by atoms with van der Waals surface area (Å²) in [6, 6.07) is 13.3. The fourth-order valence-electron chi connectivity index (χ4n) is 2.05. The zero-order valence-electron chi connectivity index (χ0n) is 10.3. The lowest BCUT2D eigenvalue weighted by Crippen LogP contribution is -2.01. The normalized spacial score (nSPS) is 11.0. The number of hydrogen-bond acceptors (Lipinski definition) is 6. The molecule has 0 bridgehead atoms. The van der Waals surface area contributed by atoms with Crippen LogP contribution in [0.4, 0.5) is 11.6 Å². The van der Waals surface area contributed by atoms with Crippen molar-refractivity contribution < 1.29 is 0 Å². The quantitative estimate of drug-likeness (QED) is 0.594. The smallest absolute Gasteiger partial charge is 0.222 e. The second-order valence-corrected chi connectivity index (χ2v) is 4.20. The molecular weight excluding hydrogens is 254 g/mol. The number of pyridine rings is 1. The van der Waals surface area contributed by atoms with Gasteiger partial charge in [0, 0.05) is 6.20 Å². The van der Waals surface area contributed by atoms with Crippen molar-refractivity contribution in [3.05, 3.63) is 48.7 Å². The van der Waals surface area contributed by atoms with Crippen molar-refractivity contribution in [1.29, 1.82) is 0 Å². The summed E-state index contributed by atoms with van der Waals surface area (Å²) in [4.78, 5) is 8.77. The van der Waals surface area contributed by atoms with E-state index in [9.17, 15) is 0 Å².